The average molecular weight is 346 g/mol. The molecule has 0 aliphatic rings. The molecule has 26 heavy (non-hydrogen) atoms. The Bertz CT molecular complexity index is 869. The van der Waals surface area contributed by atoms with Crippen LogP contribution in [0.1, 0.15) is 5.56 Å². The van der Waals surface area contributed by atoms with Gasteiger partial charge in [0.2, 0.25) is 0 Å². The summed E-state index contributed by atoms with van der Waals surface area (Å²) in [5.41, 5.74) is 7.75. The van der Waals surface area contributed by atoms with Crippen LogP contribution in [0.4, 0.5) is 11.4 Å². The molecule has 0 heterocycles. The molecule has 0 atom stereocenters. The van der Waals surface area contributed by atoms with Crippen molar-refractivity contribution in [3.05, 3.63) is 72.3 Å². The van der Waals surface area contributed by atoms with Gasteiger partial charge in [-0.3, -0.25) is 0 Å². The van der Waals surface area contributed by atoms with Gasteiger partial charge < -0.3 is 14.9 Å². The molecule has 0 amide bonds. The summed E-state index contributed by atoms with van der Waals surface area (Å²) in [4.78, 5) is 4.22. The zero-order valence-corrected chi connectivity index (χ0v) is 15.9. The predicted octanol–water partition coefficient (Wildman–Crippen LogP) is 4.64. The topological polar surface area (TPSA) is 26.7 Å². The van der Waals surface area contributed by atoms with E-state index in [4.69, 9.17) is 0 Å². The molecule has 0 saturated carbocycles. The zero-order chi connectivity index (χ0) is 18.7. The van der Waals surface area contributed by atoms with Crippen LogP contribution in [0.25, 0.3) is 22.3 Å². The molecule has 0 saturated heterocycles. The van der Waals surface area contributed by atoms with Crippen LogP contribution in [0.2, 0.25) is 0 Å². The first-order valence-corrected chi connectivity index (χ1v) is 8.80. The maximum atomic E-state index is 9.98. The van der Waals surface area contributed by atoms with E-state index in [0.717, 1.165) is 33.5 Å². The van der Waals surface area contributed by atoms with Crippen LogP contribution in [0, 0.1) is 0 Å². The highest BCUT2D eigenvalue weighted by Crippen LogP contribution is 2.41. The molecule has 0 fully saturated rings. The summed E-state index contributed by atoms with van der Waals surface area (Å²) < 4.78 is 0. The van der Waals surface area contributed by atoms with Gasteiger partial charge in [-0.05, 0) is 40.5 Å². The SMILES string of the molecule is CN(C)c1ccc(-c2c(N(C)C)ccc(CO)c2-c2ccccc2)cc1. The Morgan fingerprint density at radius 1 is 0.654 bits per heavy atom. The van der Waals surface area contributed by atoms with Crippen LogP contribution < -0.4 is 9.80 Å². The third-order valence-corrected chi connectivity index (χ3v) is 4.66. The number of benzene rings is 3. The molecule has 0 bridgehead atoms. The lowest BCUT2D eigenvalue weighted by Gasteiger charge is -2.24. The lowest BCUT2D eigenvalue weighted by molar-refractivity contribution is 0.282. The molecule has 3 aromatic rings. The number of aliphatic hydroxyl groups is 1. The van der Waals surface area contributed by atoms with Gasteiger partial charge in [0.1, 0.15) is 0 Å². The predicted molar refractivity (Wildman–Crippen MR) is 112 cm³/mol. The second kappa shape index (κ2) is 7.63. The van der Waals surface area contributed by atoms with Gasteiger partial charge in [-0.1, -0.05) is 48.5 Å². The Hall–Kier alpha value is -2.78. The van der Waals surface area contributed by atoms with Gasteiger partial charge in [0, 0.05) is 45.1 Å². The summed E-state index contributed by atoms with van der Waals surface area (Å²) in [5, 5.41) is 9.98. The molecule has 3 rings (SSSR count). The fraction of sp³-hybridized carbons (Fsp3) is 0.217. The Kier molecular flexibility index (Phi) is 5.29. The highest BCUT2D eigenvalue weighted by atomic mass is 16.3. The van der Waals surface area contributed by atoms with Gasteiger partial charge in [-0.25, -0.2) is 0 Å². The molecule has 3 aromatic carbocycles. The molecular weight excluding hydrogens is 320 g/mol. The van der Waals surface area contributed by atoms with E-state index in [2.05, 4.69) is 66.4 Å². The molecule has 0 radical (unpaired) electrons. The van der Waals surface area contributed by atoms with E-state index in [9.17, 15) is 5.11 Å². The van der Waals surface area contributed by atoms with E-state index < -0.39 is 0 Å². The summed E-state index contributed by atoms with van der Waals surface area (Å²) in [7, 11) is 8.20. The summed E-state index contributed by atoms with van der Waals surface area (Å²) in [6, 6.07) is 23.0. The molecule has 3 nitrogen and oxygen atoms in total. The van der Waals surface area contributed by atoms with E-state index in [1.165, 1.54) is 5.69 Å². The van der Waals surface area contributed by atoms with Gasteiger partial charge >= 0.3 is 0 Å². The quantitative estimate of drug-likeness (QED) is 0.729. The Morgan fingerprint density at radius 2 is 1.27 bits per heavy atom. The number of rotatable bonds is 5. The highest BCUT2D eigenvalue weighted by molar-refractivity contribution is 5.94. The lowest BCUT2D eigenvalue weighted by atomic mass is 9.89. The monoisotopic (exact) mass is 346 g/mol. The molecular formula is C23H26N2O. The summed E-state index contributed by atoms with van der Waals surface area (Å²) in [6.45, 7) is 0.0146. The van der Waals surface area contributed by atoms with Crippen molar-refractivity contribution < 1.29 is 5.11 Å². The van der Waals surface area contributed by atoms with E-state index in [0.29, 0.717) is 0 Å². The number of hydrogen-bond acceptors (Lipinski definition) is 3. The van der Waals surface area contributed by atoms with Crippen molar-refractivity contribution in [2.24, 2.45) is 0 Å². The van der Waals surface area contributed by atoms with Crippen molar-refractivity contribution in [2.45, 2.75) is 6.61 Å². The van der Waals surface area contributed by atoms with E-state index in [1.807, 2.05) is 38.4 Å². The van der Waals surface area contributed by atoms with Crippen molar-refractivity contribution in [3.63, 3.8) is 0 Å². The van der Waals surface area contributed by atoms with Crippen molar-refractivity contribution in [1.29, 1.82) is 0 Å². The Labute approximate surface area is 156 Å². The van der Waals surface area contributed by atoms with Crippen LogP contribution in [0.3, 0.4) is 0 Å². The van der Waals surface area contributed by atoms with Crippen molar-refractivity contribution in [1.82, 2.24) is 0 Å². The van der Waals surface area contributed by atoms with E-state index in [-0.39, 0.29) is 6.61 Å². The minimum absolute atomic E-state index is 0.0146. The van der Waals surface area contributed by atoms with Gasteiger partial charge in [-0.15, -0.1) is 0 Å². The van der Waals surface area contributed by atoms with Crippen molar-refractivity contribution in [2.75, 3.05) is 38.0 Å². The van der Waals surface area contributed by atoms with Crippen molar-refractivity contribution >= 4 is 11.4 Å². The Balaban J connectivity index is 2.30. The maximum Gasteiger partial charge on any atom is 0.0688 e. The third-order valence-electron chi connectivity index (χ3n) is 4.66. The second-order valence-corrected chi connectivity index (χ2v) is 6.85. The molecule has 1 N–H and O–H groups in total. The van der Waals surface area contributed by atoms with E-state index >= 15 is 0 Å². The van der Waals surface area contributed by atoms with Crippen LogP contribution in [-0.2, 0) is 6.61 Å². The number of aliphatic hydroxyl groups excluding tert-OH is 1. The number of hydrogen-bond donors (Lipinski definition) is 1. The van der Waals surface area contributed by atoms with Gasteiger partial charge in [-0.2, -0.15) is 0 Å². The first kappa shape index (κ1) is 18.0. The minimum atomic E-state index is 0.0146. The number of anilines is 2. The Morgan fingerprint density at radius 3 is 1.81 bits per heavy atom. The van der Waals surface area contributed by atoms with Gasteiger partial charge in [0.05, 0.1) is 6.61 Å². The van der Waals surface area contributed by atoms with Gasteiger partial charge in [0.15, 0.2) is 0 Å². The summed E-state index contributed by atoms with van der Waals surface area (Å²) >= 11 is 0. The second-order valence-electron chi connectivity index (χ2n) is 6.85. The van der Waals surface area contributed by atoms with Crippen LogP contribution in [0.15, 0.2) is 66.7 Å². The van der Waals surface area contributed by atoms with Crippen LogP contribution in [-0.4, -0.2) is 33.3 Å². The average Bonchev–Trinajstić information content (AvgIpc) is 2.67. The lowest BCUT2D eigenvalue weighted by Crippen LogP contribution is -2.12. The summed E-state index contributed by atoms with van der Waals surface area (Å²) in [5.74, 6) is 0. The first-order chi connectivity index (χ1) is 12.5. The molecule has 0 unspecified atom stereocenters. The molecule has 0 spiro atoms. The zero-order valence-electron chi connectivity index (χ0n) is 15.9. The van der Waals surface area contributed by atoms with Crippen LogP contribution in [0.5, 0.6) is 0 Å². The van der Waals surface area contributed by atoms with E-state index in [1.54, 1.807) is 0 Å². The van der Waals surface area contributed by atoms with Crippen LogP contribution >= 0.6 is 0 Å². The smallest absolute Gasteiger partial charge is 0.0688 e. The standard InChI is InChI=1S/C23H26N2O/c1-24(2)20-13-10-18(11-14-20)23-21(25(3)4)15-12-19(16-26)22(23)17-8-6-5-7-9-17/h5-15,26H,16H2,1-4H3. The molecule has 0 aliphatic carbocycles. The molecule has 134 valence electrons. The highest BCUT2D eigenvalue weighted by Gasteiger charge is 2.17. The maximum absolute atomic E-state index is 9.98. The van der Waals surface area contributed by atoms with Crippen molar-refractivity contribution in [3.8, 4) is 22.3 Å². The minimum Gasteiger partial charge on any atom is -0.392 e. The molecule has 3 heteroatoms. The summed E-state index contributed by atoms with van der Waals surface area (Å²) in [6.07, 6.45) is 0. The fourth-order valence-electron chi connectivity index (χ4n) is 3.29. The third kappa shape index (κ3) is 3.44. The number of nitrogens with zero attached hydrogens (tertiary/aromatic N) is 2. The van der Waals surface area contributed by atoms with Gasteiger partial charge in [0.25, 0.3) is 0 Å². The molecule has 0 aliphatic heterocycles. The normalized spacial score (nSPS) is 10.7. The largest absolute Gasteiger partial charge is 0.392 e. The fourth-order valence-corrected chi connectivity index (χ4v) is 3.29. The first-order valence-electron chi connectivity index (χ1n) is 8.80. The molecule has 0 aromatic heterocycles.